The van der Waals surface area contributed by atoms with E-state index >= 15 is 0 Å². The smallest absolute Gasteiger partial charge is 0.268 e. The van der Waals surface area contributed by atoms with E-state index in [0.29, 0.717) is 0 Å². The predicted molar refractivity (Wildman–Crippen MR) is 43.7 cm³/mol. The number of carbonyl (C=O) groups excluding carboxylic acids is 1. The Balaban J connectivity index is 3.52. The maximum absolute atomic E-state index is 12.4. The Hall–Kier alpha value is -2.03. The minimum Gasteiger partial charge on any atom is -0.383 e. The van der Waals surface area contributed by atoms with Crippen LogP contribution >= 0.6 is 0 Å². The van der Waals surface area contributed by atoms with Gasteiger partial charge in [0.2, 0.25) is 0 Å². The molecule has 0 aliphatic rings. The summed E-state index contributed by atoms with van der Waals surface area (Å²) in [6.07, 6.45) is -1.64. The lowest BCUT2D eigenvalue weighted by Gasteiger charge is -2.06. The minimum absolute atomic E-state index is 0.183. The van der Waals surface area contributed by atoms with Crippen LogP contribution in [0.1, 0.15) is 27.9 Å². The summed E-state index contributed by atoms with van der Waals surface area (Å²) in [4.78, 5) is 13.8. The number of aromatic nitrogens is 1. The van der Waals surface area contributed by atoms with Gasteiger partial charge in [-0.25, -0.2) is 13.8 Å². The first-order valence-electron chi connectivity index (χ1n) is 3.53. The monoisotopic (exact) mass is 197 g/mol. The van der Waals surface area contributed by atoms with Crippen molar-refractivity contribution in [1.82, 2.24) is 4.98 Å². The molecule has 0 aromatic carbocycles. The van der Waals surface area contributed by atoms with Gasteiger partial charge >= 0.3 is 0 Å². The Bertz CT molecular complexity index is 412. The van der Waals surface area contributed by atoms with Crippen molar-refractivity contribution < 1.29 is 13.6 Å². The molecular formula is C8H5F2N3O. The lowest BCUT2D eigenvalue weighted by atomic mass is 10.1. The van der Waals surface area contributed by atoms with Crippen LogP contribution in [0, 0.1) is 11.3 Å². The summed E-state index contributed by atoms with van der Waals surface area (Å²) in [5.74, 6) is -0.429. The van der Waals surface area contributed by atoms with Crippen LogP contribution in [0.2, 0.25) is 0 Å². The van der Waals surface area contributed by atoms with Gasteiger partial charge in [-0.1, -0.05) is 0 Å². The van der Waals surface area contributed by atoms with E-state index in [-0.39, 0.29) is 11.8 Å². The zero-order chi connectivity index (χ0) is 10.7. The molecular weight excluding hydrogens is 192 g/mol. The third-order valence-electron chi connectivity index (χ3n) is 1.63. The standard InChI is InChI=1S/C8H5F2N3O/c9-7(10)6-5(1-11)4(3-14)2-13-8(6)12/h2-3,7H,(H2,12,13). The lowest BCUT2D eigenvalue weighted by Crippen LogP contribution is -2.04. The molecule has 6 heteroatoms. The highest BCUT2D eigenvalue weighted by Crippen LogP contribution is 2.28. The van der Waals surface area contributed by atoms with E-state index in [1.165, 1.54) is 6.07 Å². The van der Waals surface area contributed by atoms with E-state index in [1.54, 1.807) is 0 Å². The van der Waals surface area contributed by atoms with Crippen LogP contribution in [0.25, 0.3) is 0 Å². The lowest BCUT2D eigenvalue weighted by molar-refractivity contribution is 0.112. The summed E-state index contributed by atoms with van der Waals surface area (Å²) in [7, 11) is 0. The summed E-state index contributed by atoms with van der Waals surface area (Å²) >= 11 is 0. The van der Waals surface area contributed by atoms with E-state index in [4.69, 9.17) is 11.0 Å². The highest BCUT2D eigenvalue weighted by Gasteiger charge is 2.20. The molecule has 0 unspecified atom stereocenters. The van der Waals surface area contributed by atoms with E-state index in [0.717, 1.165) is 6.20 Å². The topological polar surface area (TPSA) is 79.8 Å². The van der Waals surface area contributed by atoms with Gasteiger partial charge in [0.25, 0.3) is 6.43 Å². The van der Waals surface area contributed by atoms with Crippen molar-refractivity contribution in [3.8, 4) is 6.07 Å². The summed E-state index contributed by atoms with van der Waals surface area (Å²) in [5.41, 5.74) is 3.88. The quantitative estimate of drug-likeness (QED) is 0.724. The minimum atomic E-state index is -2.92. The van der Waals surface area contributed by atoms with Gasteiger partial charge in [0, 0.05) is 6.20 Å². The first-order chi connectivity index (χ1) is 6.61. The van der Waals surface area contributed by atoms with Crippen molar-refractivity contribution >= 4 is 12.1 Å². The second-order valence-electron chi connectivity index (χ2n) is 2.42. The van der Waals surface area contributed by atoms with Crippen LogP contribution in [0.4, 0.5) is 14.6 Å². The van der Waals surface area contributed by atoms with Crippen molar-refractivity contribution in [2.45, 2.75) is 6.43 Å². The third kappa shape index (κ3) is 1.52. The van der Waals surface area contributed by atoms with Crippen LogP contribution in [0.5, 0.6) is 0 Å². The molecule has 0 saturated carbocycles. The van der Waals surface area contributed by atoms with Crippen molar-refractivity contribution in [3.05, 3.63) is 22.9 Å². The number of anilines is 1. The van der Waals surface area contributed by atoms with Crippen molar-refractivity contribution in [3.63, 3.8) is 0 Å². The SMILES string of the molecule is N#Cc1c(C=O)cnc(N)c1C(F)F. The Morgan fingerprint density at radius 2 is 2.29 bits per heavy atom. The van der Waals surface area contributed by atoms with Gasteiger partial charge in [-0.15, -0.1) is 0 Å². The van der Waals surface area contributed by atoms with Crippen LogP contribution in [0.15, 0.2) is 6.20 Å². The maximum Gasteiger partial charge on any atom is 0.268 e. The fraction of sp³-hybridized carbons (Fsp3) is 0.125. The van der Waals surface area contributed by atoms with Gasteiger partial charge in [0.05, 0.1) is 16.7 Å². The molecule has 1 heterocycles. The van der Waals surface area contributed by atoms with Crippen molar-refractivity contribution in [2.75, 3.05) is 5.73 Å². The van der Waals surface area contributed by atoms with Gasteiger partial charge in [-0.2, -0.15) is 5.26 Å². The third-order valence-corrected chi connectivity index (χ3v) is 1.63. The number of nitrogens with zero attached hydrogens (tertiary/aromatic N) is 2. The van der Waals surface area contributed by atoms with E-state index in [9.17, 15) is 13.6 Å². The number of carbonyl (C=O) groups is 1. The molecule has 4 nitrogen and oxygen atoms in total. The second-order valence-corrected chi connectivity index (χ2v) is 2.42. The zero-order valence-corrected chi connectivity index (χ0v) is 6.87. The highest BCUT2D eigenvalue weighted by atomic mass is 19.3. The Labute approximate surface area is 78.0 Å². The molecule has 1 rings (SSSR count). The second kappa shape index (κ2) is 3.79. The number of alkyl halides is 2. The number of aldehydes is 1. The molecule has 14 heavy (non-hydrogen) atoms. The number of hydrogen-bond acceptors (Lipinski definition) is 4. The fourth-order valence-electron chi connectivity index (χ4n) is 0.992. The number of rotatable bonds is 2. The van der Waals surface area contributed by atoms with Gasteiger partial charge in [-0.3, -0.25) is 4.79 Å². The summed E-state index contributed by atoms with van der Waals surface area (Å²) < 4.78 is 24.8. The number of nitrogens with two attached hydrogens (primary N) is 1. The van der Waals surface area contributed by atoms with Crippen LogP contribution in [-0.4, -0.2) is 11.3 Å². The summed E-state index contributed by atoms with van der Waals surface area (Å²) in [6, 6.07) is 1.51. The number of hydrogen-bond donors (Lipinski definition) is 1. The molecule has 0 amide bonds. The Morgan fingerprint density at radius 1 is 1.64 bits per heavy atom. The molecule has 72 valence electrons. The molecule has 0 atom stereocenters. The van der Waals surface area contributed by atoms with Gasteiger partial charge in [0.15, 0.2) is 6.29 Å². The van der Waals surface area contributed by atoms with Crippen LogP contribution in [-0.2, 0) is 0 Å². The number of pyridine rings is 1. The van der Waals surface area contributed by atoms with Crippen molar-refractivity contribution in [1.29, 1.82) is 5.26 Å². The number of nitrogen functional groups attached to an aromatic ring is 1. The molecule has 0 bridgehead atoms. The van der Waals surface area contributed by atoms with Crippen LogP contribution < -0.4 is 5.73 Å². The molecule has 0 aliphatic carbocycles. The molecule has 0 saturated heterocycles. The van der Waals surface area contributed by atoms with Crippen molar-refractivity contribution in [2.24, 2.45) is 0 Å². The van der Waals surface area contributed by atoms with E-state index in [2.05, 4.69) is 4.98 Å². The van der Waals surface area contributed by atoms with Gasteiger partial charge < -0.3 is 5.73 Å². The molecule has 0 spiro atoms. The molecule has 0 aliphatic heterocycles. The molecule has 1 aromatic heterocycles. The highest BCUT2D eigenvalue weighted by molar-refractivity contribution is 5.80. The molecule has 1 aromatic rings. The number of nitriles is 1. The van der Waals surface area contributed by atoms with Gasteiger partial charge in [0.1, 0.15) is 11.9 Å². The normalized spacial score (nSPS) is 9.86. The fourth-order valence-corrected chi connectivity index (χ4v) is 0.992. The Kier molecular flexibility index (Phi) is 2.72. The average Bonchev–Trinajstić information content (AvgIpc) is 2.16. The van der Waals surface area contributed by atoms with Crippen LogP contribution in [0.3, 0.4) is 0 Å². The first kappa shape index (κ1) is 10.1. The maximum atomic E-state index is 12.4. The average molecular weight is 197 g/mol. The zero-order valence-electron chi connectivity index (χ0n) is 6.87. The van der Waals surface area contributed by atoms with Gasteiger partial charge in [-0.05, 0) is 0 Å². The Morgan fingerprint density at radius 3 is 2.71 bits per heavy atom. The first-order valence-corrected chi connectivity index (χ1v) is 3.53. The predicted octanol–water partition coefficient (Wildman–Crippen LogP) is 1.29. The number of halogens is 2. The largest absolute Gasteiger partial charge is 0.383 e. The van der Waals surface area contributed by atoms with E-state index in [1.807, 2.05) is 0 Å². The molecule has 0 radical (unpaired) electrons. The molecule has 2 N–H and O–H groups in total. The summed E-state index contributed by atoms with van der Waals surface area (Å²) in [6.45, 7) is 0. The molecule has 0 fully saturated rings. The summed E-state index contributed by atoms with van der Waals surface area (Å²) in [5, 5.41) is 8.58. The van der Waals surface area contributed by atoms with E-state index < -0.39 is 23.4 Å².